The van der Waals surface area contributed by atoms with Gasteiger partial charge in [-0.05, 0) is 69.5 Å². The van der Waals surface area contributed by atoms with Crippen molar-refractivity contribution in [3.63, 3.8) is 0 Å². The number of nitrogens with zero attached hydrogens (tertiary/aromatic N) is 2. The minimum absolute atomic E-state index is 0.375. The van der Waals surface area contributed by atoms with E-state index in [2.05, 4.69) is 16.0 Å². The number of ether oxygens (including phenoxy) is 1. The molecule has 30 heavy (non-hydrogen) atoms. The van der Waals surface area contributed by atoms with Crippen LogP contribution in [-0.4, -0.2) is 27.7 Å². The van der Waals surface area contributed by atoms with Crippen molar-refractivity contribution in [1.82, 2.24) is 20.6 Å². The van der Waals surface area contributed by atoms with Crippen LogP contribution in [0.4, 0.5) is 0 Å². The van der Waals surface area contributed by atoms with E-state index in [1.54, 1.807) is 18.5 Å². The second-order valence-corrected chi connectivity index (χ2v) is 7.30. The Morgan fingerprint density at radius 2 is 1.77 bits per heavy atom. The molecule has 1 unspecified atom stereocenters. The van der Waals surface area contributed by atoms with Crippen LogP contribution in [0.5, 0.6) is 5.75 Å². The highest BCUT2D eigenvalue weighted by atomic mass is 16.5. The van der Waals surface area contributed by atoms with Crippen molar-refractivity contribution in [2.24, 2.45) is 0 Å². The van der Waals surface area contributed by atoms with E-state index in [0.29, 0.717) is 17.0 Å². The van der Waals surface area contributed by atoms with Crippen molar-refractivity contribution >= 4 is 11.8 Å². The standard InChI is InChI=1S/C23H26N4O3/c1-14-8-6-10-19(12-14)27-17(4)20(13-24-27)23(29)26-25-22(28)18(5)30-21-11-7-9-15(2)16(21)3/h6-13,18H,1-5H3,(H,25,28)(H,26,29). The van der Waals surface area contributed by atoms with Gasteiger partial charge in [0.25, 0.3) is 11.8 Å². The van der Waals surface area contributed by atoms with E-state index in [4.69, 9.17) is 4.74 Å². The van der Waals surface area contributed by atoms with Gasteiger partial charge in [0.05, 0.1) is 23.1 Å². The first-order valence-electron chi connectivity index (χ1n) is 9.72. The molecule has 0 aliphatic heterocycles. The minimum atomic E-state index is -0.776. The van der Waals surface area contributed by atoms with Crippen molar-refractivity contribution in [3.8, 4) is 11.4 Å². The summed E-state index contributed by atoms with van der Waals surface area (Å²) in [5.74, 6) is -0.258. The van der Waals surface area contributed by atoms with Crippen molar-refractivity contribution in [2.75, 3.05) is 0 Å². The normalized spacial score (nSPS) is 11.6. The fourth-order valence-corrected chi connectivity index (χ4v) is 3.04. The Bertz CT molecular complexity index is 1090. The number of amides is 2. The van der Waals surface area contributed by atoms with E-state index < -0.39 is 17.9 Å². The van der Waals surface area contributed by atoms with E-state index in [9.17, 15) is 9.59 Å². The highest BCUT2D eigenvalue weighted by Crippen LogP contribution is 2.21. The molecule has 3 rings (SSSR count). The Morgan fingerprint density at radius 3 is 2.50 bits per heavy atom. The zero-order chi connectivity index (χ0) is 21.8. The molecule has 1 aromatic heterocycles. The molecule has 156 valence electrons. The lowest BCUT2D eigenvalue weighted by atomic mass is 10.1. The van der Waals surface area contributed by atoms with Gasteiger partial charge in [-0.25, -0.2) is 4.68 Å². The Balaban J connectivity index is 1.63. The Hall–Kier alpha value is -3.61. The second-order valence-electron chi connectivity index (χ2n) is 7.30. The Kier molecular flexibility index (Phi) is 6.20. The lowest BCUT2D eigenvalue weighted by molar-refractivity contribution is -0.128. The first-order valence-corrected chi connectivity index (χ1v) is 9.72. The number of carbonyl (C=O) groups is 2. The maximum Gasteiger partial charge on any atom is 0.279 e. The van der Waals surface area contributed by atoms with Gasteiger partial charge in [0.15, 0.2) is 6.10 Å². The maximum atomic E-state index is 12.5. The van der Waals surface area contributed by atoms with E-state index >= 15 is 0 Å². The highest BCUT2D eigenvalue weighted by molar-refractivity contribution is 5.96. The van der Waals surface area contributed by atoms with Gasteiger partial charge in [-0.1, -0.05) is 24.3 Å². The fraction of sp³-hybridized carbons (Fsp3) is 0.261. The summed E-state index contributed by atoms with van der Waals surface area (Å²) in [6, 6.07) is 13.5. The third-order valence-electron chi connectivity index (χ3n) is 5.03. The molecule has 0 saturated heterocycles. The molecule has 1 heterocycles. The third kappa shape index (κ3) is 4.51. The van der Waals surface area contributed by atoms with Gasteiger partial charge < -0.3 is 4.74 Å². The zero-order valence-electron chi connectivity index (χ0n) is 17.8. The lowest BCUT2D eigenvalue weighted by Gasteiger charge is -2.17. The monoisotopic (exact) mass is 406 g/mol. The summed E-state index contributed by atoms with van der Waals surface area (Å²) in [7, 11) is 0. The van der Waals surface area contributed by atoms with Crippen molar-refractivity contribution in [2.45, 2.75) is 40.7 Å². The highest BCUT2D eigenvalue weighted by Gasteiger charge is 2.19. The molecule has 2 aromatic carbocycles. The van der Waals surface area contributed by atoms with Gasteiger partial charge in [-0.15, -0.1) is 0 Å². The molecule has 2 amide bonds. The number of rotatable bonds is 5. The van der Waals surface area contributed by atoms with E-state index in [-0.39, 0.29) is 0 Å². The van der Waals surface area contributed by atoms with Crippen LogP contribution in [0.1, 0.15) is 39.7 Å². The van der Waals surface area contributed by atoms with Crippen molar-refractivity contribution < 1.29 is 14.3 Å². The summed E-state index contributed by atoms with van der Waals surface area (Å²) in [5.41, 5.74) is 9.92. The van der Waals surface area contributed by atoms with Gasteiger partial charge in [0.2, 0.25) is 0 Å². The molecule has 7 heteroatoms. The number of hydrazine groups is 1. The Morgan fingerprint density at radius 1 is 1.03 bits per heavy atom. The van der Waals surface area contributed by atoms with Gasteiger partial charge in [0, 0.05) is 0 Å². The quantitative estimate of drug-likeness (QED) is 0.637. The largest absolute Gasteiger partial charge is 0.481 e. The van der Waals surface area contributed by atoms with E-state index in [0.717, 1.165) is 22.4 Å². The maximum absolute atomic E-state index is 12.5. The first-order chi connectivity index (χ1) is 14.3. The van der Waals surface area contributed by atoms with Crippen LogP contribution in [0.3, 0.4) is 0 Å². The minimum Gasteiger partial charge on any atom is -0.481 e. The molecule has 2 N–H and O–H groups in total. The van der Waals surface area contributed by atoms with Crippen LogP contribution >= 0.6 is 0 Å². The number of aryl methyl sites for hydroxylation is 2. The van der Waals surface area contributed by atoms with Crippen LogP contribution in [0.25, 0.3) is 5.69 Å². The van der Waals surface area contributed by atoms with Crippen molar-refractivity contribution in [1.29, 1.82) is 0 Å². The Labute approximate surface area is 176 Å². The molecule has 0 saturated carbocycles. The summed E-state index contributed by atoms with van der Waals surface area (Å²) < 4.78 is 7.43. The number of carbonyl (C=O) groups excluding carboxylic acids is 2. The second kappa shape index (κ2) is 8.82. The van der Waals surface area contributed by atoms with E-state index in [1.165, 1.54) is 6.20 Å². The van der Waals surface area contributed by atoms with Crippen LogP contribution < -0.4 is 15.6 Å². The summed E-state index contributed by atoms with van der Waals surface area (Å²) in [5, 5.41) is 4.30. The number of hydrogen-bond donors (Lipinski definition) is 2. The number of hydrogen-bond acceptors (Lipinski definition) is 4. The molecule has 0 spiro atoms. The first kappa shape index (κ1) is 21.1. The average Bonchev–Trinajstić information content (AvgIpc) is 3.10. The molecular weight excluding hydrogens is 380 g/mol. The predicted molar refractivity (Wildman–Crippen MR) is 115 cm³/mol. The summed E-state index contributed by atoms with van der Waals surface area (Å²) in [6.45, 7) is 9.34. The molecular formula is C23H26N4O3. The third-order valence-corrected chi connectivity index (χ3v) is 5.03. The van der Waals surface area contributed by atoms with Crippen LogP contribution in [0.15, 0.2) is 48.7 Å². The number of aromatic nitrogens is 2. The SMILES string of the molecule is Cc1cccc(-n2ncc(C(=O)NNC(=O)C(C)Oc3cccc(C)c3C)c2C)c1. The van der Waals surface area contributed by atoms with Crippen LogP contribution in [-0.2, 0) is 4.79 Å². The van der Waals surface area contributed by atoms with E-state index in [1.807, 2.05) is 63.2 Å². The molecule has 7 nitrogen and oxygen atoms in total. The molecule has 0 bridgehead atoms. The van der Waals surface area contributed by atoms with Gasteiger partial charge in [-0.3, -0.25) is 20.4 Å². The summed E-state index contributed by atoms with van der Waals surface area (Å²) in [6.07, 6.45) is 0.705. The zero-order valence-corrected chi connectivity index (χ0v) is 17.8. The number of nitrogens with one attached hydrogen (secondary N) is 2. The molecule has 1 atom stereocenters. The van der Waals surface area contributed by atoms with Crippen LogP contribution in [0, 0.1) is 27.7 Å². The molecule has 0 aliphatic rings. The molecule has 3 aromatic rings. The van der Waals surface area contributed by atoms with Crippen molar-refractivity contribution in [3.05, 3.63) is 76.6 Å². The fourth-order valence-electron chi connectivity index (χ4n) is 3.04. The number of benzene rings is 2. The molecule has 0 aliphatic carbocycles. The van der Waals surface area contributed by atoms with Gasteiger partial charge >= 0.3 is 0 Å². The molecule has 0 radical (unpaired) electrons. The average molecular weight is 406 g/mol. The van der Waals surface area contributed by atoms with Gasteiger partial charge in [0.1, 0.15) is 5.75 Å². The predicted octanol–water partition coefficient (Wildman–Crippen LogP) is 3.33. The smallest absolute Gasteiger partial charge is 0.279 e. The topological polar surface area (TPSA) is 85.3 Å². The van der Waals surface area contributed by atoms with Gasteiger partial charge in [-0.2, -0.15) is 5.10 Å². The lowest BCUT2D eigenvalue weighted by Crippen LogP contribution is -2.47. The summed E-state index contributed by atoms with van der Waals surface area (Å²) in [4.78, 5) is 24.9. The molecule has 0 fully saturated rings. The van der Waals surface area contributed by atoms with Crippen LogP contribution in [0.2, 0.25) is 0 Å². The summed E-state index contributed by atoms with van der Waals surface area (Å²) >= 11 is 0.